The SMILES string of the molecule is Cc1ccc(-c2noc(CN3CCC(C(=O)Nc4cccc(Cl)c4C)CC3)n2)cc1. The number of anilines is 1. The van der Waals surface area contributed by atoms with E-state index in [0.717, 1.165) is 42.7 Å². The Morgan fingerprint density at radius 3 is 2.63 bits per heavy atom. The largest absolute Gasteiger partial charge is 0.338 e. The molecule has 4 rings (SSSR count). The predicted octanol–water partition coefficient (Wildman–Crippen LogP) is 4.86. The number of halogens is 1. The number of aromatic nitrogens is 2. The average molecular weight is 425 g/mol. The average Bonchev–Trinajstić information content (AvgIpc) is 3.21. The maximum atomic E-state index is 12.7. The molecule has 1 amide bonds. The van der Waals surface area contributed by atoms with E-state index in [4.69, 9.17) is 16.1 Å². The second-order valence-electron chi connectivity index (χ2n) is 7.83. The standard InChI is InChI=1S/C23H25ClN4O2/c1-15-6-8-17(9-7-15)22-26-21(30-27-22)14-28-12-10-18(11-13-28)23(29)25-20-5-3-4-19(24)16(20)2/h3-9,18H,10-14H2,1-2H3,(H,25,29). The molecule has 1 N–H and O–H groups in total. The van der Waals surface area contributed by atoms with Crippen LogP contribution in [0.4, 0.5) is 5.69 Å². The van der Waals surface area contributed by atoms with E-state index in [1.165, 1.54) is 5.56 Å². The molecule has 0 spiro atoms. The van der Waals surface area contributed by atoms with Gasteiger partial charge in [-0.15, -0.1) is 0 Å². The molecule has 0 unspecified atom stereocenters. The zero-order valence-corrected chi connectivity index (χ0v) is 17.9. The first-order valence-electron chi connectivity index (χ1n) is 10.2. The summed E-state index contributed by atoms with van der Waals surface area (Å²) in [7, 11) is 0. The maximum absolute atomic E-state index is 12.7. The maximum Gasteiger partial charge on any atom is 0.241 e. The summed E-state index contributed by atoms with van der Waals surface area (Å²) < 4.78 is 5.44. The lowest BCUT2D eigenvalue weighted by molar-refractivity contribution is -0.121. The summed E-state index contributed by atoms with van der Waals surface area (Å²) in [4.78, 5) is 19.4. The number of likely N-dealkylation sites (tertiary alicyclic amines) is 1. The summed E-state index contributed by atoms with van der Waals surface area (Å²) in [6, 6.07) is 13.6. The molecule has 2 heterocycles. The third-order valence-corrected chi connectivity index (χ3v) is 6.03. The van der Waals surface area contributed by atoms with Crippen LogP contribution in [0.5, 0.6) is 0 Å². The van der Waals surface area contributed by atoms with E-state index in [1.807, 2.05) is 56.3 Å². The Balaban J connectivity index is 1.30. The molecule has 0 saturated carbocycles. The monoisotopic (exact) mass is 424 g/mol. The number of aryl methyl sites for hydroxylation is 1. The first-order valence-corrected chi connectivity index (χ1v) is 10.6. The molecule has 7 heteroatoms. The predicted molar refractivity (Wildman–Crippen MR) is 117 cm³/mol. The zero-order valence-electron chi connectivity index (χ0n) is 17.2. The Hall–Kier alpha value is -2.70. The van der Waals surface area contributed by atoms with Crippen LogP contribution in [0.1, 0.15) is 29.9 Å². The van der Waals surface area contributed by atoms with Gasteiger partial charge >= 0.3 is 0 Å². The normalized spacial score (nSPS) is 15.3. The van der Waals surface area contributed by atoms with E-state index < -0.39 is 0 Å². The van der Waals surface area contributed by atoms with Crippen molar-refractivity contribution >= 4 is 23.2 Å². The van der Waals surface area contributed by atoms with Crippen molar-refractivity contribution in [2.45, 2.75) is 33.2 Å². The van der Waals surface area contributed by atoms with Gasteiger partial charge in [0.2, 0.25) is 17.6 Å². The van der Waals surface area contributed by atoms with Crippen molar-refractivity contribution in [2.75, 3.05) is 18.4 Å². The highest BCUT2D eigenvalue weighted by Gasteiger charge is 2.26. The molecule has 1 aromatic heterocycles. The quantitative estimate of drug-likeness (QED) is 0.633. The van der Waals surface area contributed by atoms with Gasteiger partial charge in [-0.1, -0.05) is 52.7 Å². The van der Waals surface area contributed by atoms with Crippen LogP contribution < -0.4 is 5.32 Å². The number of hydrogen-bond donors (Lipinski definition) is 1. The van der Waals surface area contributed by atoms with E-state index in [0.29, 0.717) is 23.3 Å². The molecule has 30 heavy (non-hydrogen) atoms. The van der Waals surface area contributed by atoms with Gasteiger partial charge in [0.15, 0.2) is 0 Å². The molecule has 0 aliphatic carbocycles. The van der Waals surface area contributed by atoms with Gasteiger partial charge in [0, 0.05) is 22.2 Å². The number of carbonyl (C=O) groups excluding carboxylic acids is 1. The molecule has 0 radical (unpaired) electrons. The molecule has 156 valence electrons. The van der Waals surface area contributed by atoms with Gasteiger partial charge in [-0.05, 0) is 57.5 Å². The van der Waals surface area contributed by atoms with E-state index in [1.54, 1.807) is 0 Å². The van der Waals surface area contributed by atoms with Gasteiger partial charge in [-0.3, -0.25) is 9.69 Å². The van der Waals surface area contributed by atoms with E-state index in [9.17, 15) is 4.79 Å². The number of carbonyl (C=O) groups is 1. The Labute approximate surface area is 181 Å². The highest BCUT2D eigenvalue weighted by atomic mass is 35.5. The second kappa shape index (κ2) is 8.98. The summed E-state index contributed by atoms with van der Waals surface area (Å²) in [5.74, 6) is 1.25. The number of nitrogens with one attached hydrogen (secondary N) is 1. The van der Waals surface area contributed by atoms with Crippen molar-refractivity contribution in [3.8, 4) is 11.4 Å². The molecule has 1 saturated heterocycles. The zero-order chi connectivity index (χ0) is 21.1. The van der Waals surface area contributed by atoms with Crippen LogP contribution in [0.15, 0.2) is 47.0 Å². The molecule has 1 aliphatic heterocycles. The van der Waals surface area contributed by atoms with Crippen LogP contribution in [0.3, 0.4) is 0 Å². The minimum atomic E-state index is -0.00886. The number of amides is 1. The number of hydrogen-bond acceptors (Lipinski definition) is 5. The fraction of sp³-hybridized carbons (Fsp3) is 0.348. The van der Waals surface area contributed by atoms with Crippen LogP contribution in [-0.2, 0) is 11.3 Å². The van der Waals surface area contributed by atoms with E-state index >= 15 is 0 Å². The fourth-order valence-electron chi connectivity index (χ4n) is 3.66. The van der Waals surface area contributed by atoms with Crippen molar-refractivity contribution in [3.63, 3.8) is 0 Å². The smallest absolute Gasteiger partial charge is 0.241 e. The summed E-state index contributed by atoms with van der Waals surface area (Å²) in [6.45, 7) is 6.19. The lowest BCUT2D eigenvalue weighted by atomic mass is 9.95. The molecule has 2 aromatic carbocycles. The van der Waals surface area contributed by atoms with Gasteiger partial charge in [0.25, 0.3) is 0 Å². The highest BCUT2D eigenvalue weighted by Crippen LogP contribution is 2.26. The van der Waals surface area contributed by atoms with Crippen molar-refractivity contribution in [1.29, 1.82) is 0 Å². The van der Waals surface area contributed by atoms with Crippen molar-refractivity contribution in [2.24, 2.45) is 5.92 Å². The highest BCUT2D eigenvalue weighted by molar-refractivity contribution is 6.31. The first kappa shape index (κ1) is 20.6. The molecule has 6 nitrogen and oxygen atoms in total. The van der Waals surface area contributed by atoms with Crippen LogP contribution >= 0.6 is 11.6 Å². The van der Waals surface area contributed by atoms with E-state index in [-0.39, 0.29) is 11.8 Å². The molecule has 0 atom stereocenters. The van der Waals surface area contributed by atoms with Crippen LogP contribution in [0, 0.1) is 19.8 Å². The Bertz CT molecular complexity index is 1020. The molecular formula is C23H25ClN4O2. The summed E-state index contributed by atoms with van der Waals surface area (Å²) in [5, 5.41) is 7.79. The third-order valence-electron chi connectivity index (χ3n) is 5.62. The lowest BCUT2D eigenvalue weighted by Gasteiger charge is -2.30. The molecule has 3 aromatic rings. The minimum Gasteiger partial charge on any atom is -0.338 e. The fourth-order valence-corrected chi connectivity index (χ4v) is 3.84. The summed E-state index contributed by atoms with van der Waals surface area (Å²) in [5.41, 5.74) is 3.82. The third kappa shape index (κ3) is 4.71. The van der Waals surface area contributed by atoms with Gasteiger partial charge < -0.3 is 9.84 Å². The Morgan fingerprint density at radius 2 is 1.90 bits per heavy atom. The number of benzene rings is 2. The number of nitrogens with zero attached hydrogens (tertiary/aromatic N) is 3. The molecule has 0 bridgehead atoms. The topological polar surface area (TPSA) is 71.3 Å². The second-order valence-corrected chi connectivity index (χ2v) is 8.24. The molecule has 1 aliphatic rings. The van der Waals surface area contributed by atoms with Crippen molar-refractivity contribution < 1.29 is 9.32 Å². The summed E-state index contributed by atoms with van der Waals surface area (Å²) >= 11 is 6.15. The van der Waals surface area contributed by atoms with Gasteiger partial charge in [0.1, 0.15) is 0 Å². The lowest BCUT2D eigenvalue weighted by Crippen LogP contribution is -2.37. The van der Waals surface area contributed by atoms with Crippen LogP contribution in [-0.4, -0.2) is 34.0 Å². The van der Waals surface area contributed by atoms with Crippen molar-refractivity contribution in [3.05, 3.63) is 64.5 Å². The van der Waals surface area contributed by atoms with Gasteiger partial charge in [-0.2, -0.15) is 4.98 Å². The molecule has 1 fully saturated rings. The van der Waals surface area contributed by atoms with Gasteiger partial charge in [-0.25, -0.2) is 0 Å². The van der Waals surface area contributed by atoms with Crippen LogP contribution in [0.25, 0.3) is 11.4 Å². The van der Waals surface area contributed by atoms with Crippen molar-refractivity contribution in [1.82, 2.24) is 15.0 Å². The van der Waals surface area contributed by atoms with Gasteiger partial charge in [0.05, 0.1) is 6.54 Å². The number of rotatable bonds is 5. The van der Waals surface area contributed by atoms with E-state index in [2.05, 4.69) is 20.4 Å². The summed E-state index contributed by atoms with van der Waals surface area (Å²) in [6.07, 6.45) is 1.59. The Kier molecular flexibility index (Phi) is 6.16. The number of piperidine rings is 1. The molecular weight excluding hydrogens is 400 g/mol. The van der Waals surface area contributed by atoms with Crippen LogP contribution in [0.2, 0.25) is 5.02 Å². The first-order chi connectivity index (χ1) is 14.5. The minimum absolute atomic E-state index is 0.00886. The Morgan fingerprint density at radius 1 is 1.17 bits per heavy atom.